The highest BCUT2D eigenvalue weighted by Gasteiger charge is 2.57. The van der Waals surface area contributed by atoms with Crippen molar-refractivity contribution < 1.29 is 4.84 Å². The van der Waals surface area contributed by atoms with Crippen LogP contribution in [0.25, 0.3) is 0 Å². The summed E-state index contributed by atoms with van der Waals surface area (Å²) >= 11 is 0. The van der Waals surface area contributed by atoms with Gasteiger partial charge in [-0.25, -0.2) is 0 Å². The lowest BCUT2D eigenvalue weighted by atomic mass is 9.59. The second-order valence-electron chi connectivity index (χ2n) is 5.82. The number of nitrogens with one attached hydrogen (secondary N) is 1. The van der Waals surface area contributed by atoms with E-state index in [1.807, 2.05) is 0 Å². The van der Waals surface area contributed by atoms with Crippen LogP contribution < -0.4 is 5.48 Å². The van der Waals surface area contributed by atoms with Crippen LogP contribution in [0.5, 0.6) is 0 Å². The van der Waals surface area contributed by atoms with E-state index in [-0.39, 0.29) is 11.1 Å². The first kappa shape index (κ1) is 10.5. The first-order valence-corrected chi connectivity index (χ1v) is 6.58. The predicted octanol–water partition coefficient (Wildman–Crippen LogP) is 3.17. The molecule has 4 aliphatic rings. The Morgan fingerprint density at radius 2 is 2.00 bits per heavy atom. The maximum atomic E-state index is 6.04. The van der Waals surface area contributed by atoms with Crippen LogP contribution in [0.1, 0.15) is 31.4 Å². The van der Waals surface area contributed by atoms with E-state index >= 15 is 0 Å². The van der Waals surface area contributed by atoms with E-state index in [2.05, 4.69) is 61.8 Å². The van der Waals surface area contributed by atoms with E-state index in [9.17, 15) is 0 Å². The van der Waals surface area contributed by atoms with Crippen molar-refractivity contribution in [3.8, 4) is 0 Å². The van der Waals surface area contributed by atoms with Gasteiger partial charge in [0, 0.05) is 5.92 Å². The van der Waals surface area contributed by atoms with Crippen molar-refractivity contribution in [2.75, 3.05) is 0 Å². The summed E-state index contributed by atoms with van der Waals surface area (Å²) in [6.07, 6.45) is 7.74. The number of hydrogen-bond acceptors (Lipinski definition) is 2. The van der Waals surface area contributed by atoms with Crippen LogP contribution >= 0.6 is 0 Å². The maximum absolute atomic E-state index is 6.04. The SMILES string of the molecule is CC12NOC(C)(c3ccccc31)C1CC=CC=C12. The summed E-state index contributed by atoms with van der Waals surface area (Å²) in [5, 5.41) is 0. The third kappa shape index (κ3) is 1.02. The van der Waals surface area contributed by atoms with Gasteiger partial charge in [0.25, 0.3) is 0 Å². The fraction of sp³-hybridized carbons (Fsp3) is 0.375. The van der Waals surface area contributed by atoms with Gasteiger partial charge in [-0.1, -0.05) is 42.5 Å². The molecule has 5 rings (SSSR count). The van der Waals surface area contributed by atoms with Crippen molar-refractivity contribution in [3.63, 3.8) is 0 Å². The molecule has 0 spiro atoms. The molecule has 2 nitrogen and oxygen atoms in total. The van der Waals surface area contributed by atoms with Gasteiger partial charge in [0.1, 0.15) is 5.60 Å². The van der Waals surface area contributed by atoms with Crippen LogP contribution in [0.15, 0.2) is 48.1 Å². The first-order valence-electron chi connectivity index (χ1n) is 6.58. The van der Waals surface area contributed by atoms with Gasteiger partial charge in [-0.2, -0.15) is 5.48 Å². The van der Waals surface area contributed by atoms with Crippen molar-refractivity contribution in [1.82, 2.24) is 5.48 Å². The molecule has 1 aromatic rings. The van der Waals surface area contributed by atoms with E-state index < -0.39 is 0 Å². The average molecular weight is 239 g/mol. The highest BCUT2D eigenvalue weighted by atomic mass is 16.7. The summed E-state index contributed by atoms with van der Waals surface area (Å²) in [6.45, 7) is 4.43. The highest BCUT2D eigenvalue weighted by Crippen LogP contribution is 2.57. The molecule has 1 saturated heterocycles. The molecule has 3 unspecified atom stereocenters. The minimum Gasteiger partial charge on any atom is -0.289 e. The zero-order chi connectivity index (χ0) is 12.4. The van der Waals surface area contributed by atoms with Gasteiger partial charge in [-0.3, -0.25) is 4.84 Å². The molecule has 3 atom stereocenters. The van der Waals surface area contributed by atoms with Gasteiger partial charge in [0.05, 0.1) is 5.54 Å². The summed E-state index contributed by atoms with van der Waals surface area (Å²) in [7, 11) is 0. The fourth-order valence-electron chi connectivity index (χ4n) is 3.81. The van der Waals surface area contributed by atoms with Crippen LogP contribution in [0.3, 0.4) is 0 Å². The van der Waals surface area contributed by atoms with Gasteiger partial charge in [-0.15, -0.1) is 0 Å². The molecule has 92 valence electrons. The lowest BCUT2D eigenvalue weighted by molar-refractivity contribution is -0.198. The zero-order valence-corrected chi connectivity index (χ0v) is 10.7. The number of benzene rings is 1. The molecule has 2 heterocycles. The smallest absolute Gasteiger partial charge is 0.119 e. The molecule has 2 heteroatoms. The summed E-state index contributed by atoms with van der Waals surface area (Å²) in [5.41, 5.74) is 7.02. The fourth-order valence-corrected chi connectivity index (χ4v) is 3.81. The quantitative estimate of drug-likeness (QED) is 0.751. The minimum atomic E-state index is -0.245. The van der Waals surface area contributed by atoms with E-state index in [1.165, 1.54) is 16.7 Å². The molecule has 0 saturated carbocycles. The van der Waals surface area contributed by atoms with Crippen LogP contribution in [-0.4, -0.2) is 0 Å². The van der Waals surface area contributed by atoms with E-state index in [1.54, 1.807) is 0 Å². The Balaban J connectivity index is 2.07. The summed E-state index contributed by atoms with van der Waals surface area (Å²) in [4.78, 5) is 6.04. The summed E-state index contributed by atoms with van der Waals surface area (Å²) in [5.74, 6) is 0.448. The van der Waals surface area contributed by atoms with Gasteiger partial charge >= 0.3 is 0 Å². The van der Waals surface area contributed by atoms with Gasteiger partial charge in [-0.05, 0) is 37.0 Å². The van der Waals surface area contributed by atoms with Gasteiger partial charge in [0.15, 0.2) is 0 Å². The third-order valence-corrected chi connectivity index (χ3v) is 4.87. The van der Waals surface area contributed by atoms with E-state index in [0.29, 0.717) is 5.92 Å². The maximum Gasteiger partial charge on any atom is 0.119 e. The first-order chi connectivity index (χ1) is 8.66. The Morgan fingerprint density at radius 1 is 1.22 bits per heavy atom. The van der Waals surface area contributed by atoms with Crippen LogP contribution in [0.4, 0.5) is 0 Å². The largest absolute Gasteiger partial charge is 0.289 e. The Hall–Kier alpha value is -1.38. The molecule has 18 heavy (non-hydrogen) atoms. The molecule has 1 fully saturated rings. The zero-order valence-electron chi connectivity index (χ0n) is 10.7. The topological polar surface area (TPSA) is 21.3 Å². The van der Waals surface area contributed by atoms with Gasteiger partial charge in [0.2, 0.25) is 0 Å². The molecule has 1 aromatic carbocycles. The second kappa shape index (κ2) is 3.14. The predicted molar refractivity (Wildman–Crippen MR) is 70.7 cm³/mol. The lowest BCUT2D eigenvalue weighted by Crippen LogP contribution is -2.62. The molecule has 0 radical (unpaired) electrons. The Kier molecular flexibility index (Phi) is 1.84. The van der Waals surface area contributed by atoms with Crippen molar-refractivity contribution in [1.29, 1.82) is 0 Å². The Labute approximate surface area is 107 Å². The summed E-state index contributed by atoms with van der Waals surface area (Å²) in [6, 6.07) is 8.66. The van der Waals surface area contributed by atoms with Crippen molar-refractivity contribution in [2.24, 2.45) is 5.92 Å². The van der Waals surface area contributed by atoms with Crippen molar-refractivity contribution in [3.05, 3.63) is 59.2 Å². The number of rotatable bonds is 0. The van der Waals surface area contributed by atoms with Crippen LogP contribution in [0, 0.1) is 5.92 Å². The number of fused-ring (bicyclic) bond motifs is 1. The molecule has 2 aliphatic carbocycles. The Bertz CT molecular complexity index is 589. The van der Waals surface area contributed by atoms with Crippen LogP contribution in [-0.2, 0) is 16.0 Å². The third-order valence-electron chi connectivity index (χ3n) is 4.87. The molecular weight excluding hydrogens is 222 g/mol. The average Bonchev–Trinajstić information content (AvgIpc) is 2.43. The number of hydroxylamine groups is 1. The standard InChI is InChI=1S/C16H17NO/c1-15-11-7-3-5-9-13(11)16(2,18-17-15)14-10-6-4-8-12(14)15/h3-9,14,17H,10H2,1-2H3. The molecule has 0 amide bonds. The molecule has 2 aliphatic heterocycles. The molecule has 0 aromatic heterocycles. The number of hydrogen-bond donors (Lipinski definition) is 1. The van der Waals surface area contributed by atoms with Gasteiger partial charge < -0.3 is 0 Å². The molecule has 2 bridgehead atoms. The lowest BCUT2D eigenvalue weighted by Gasteiger charge is -2.57. The van der Waals surface area contributed by atoms with Crippen LogP contribution in [0.2, 0.25) is 0 Å². The molecule has 1 N–H and O–H groups in total. The Morgan fingerprint density at radius 3 is 2.83 bits per heavy atom. The normalized spacial score (nSPS) is 40.1. The second-order valence-corrected chi connectivity index (χ2v) is 5.82. The van der Waals surface area contributed by atoms with Crippen molar-refractivity contribution in [2.45, 2.75) is 31.4 Å². The molecular formula is C16H17NO. The highest BCUT2D eigenvalue weighted by molar-refractivity contribution is 5.53. The van der Waals surface area contributed by atoms with E-state index in [0.717, 1.165) is 6.42 Å². The van der Waals surface area contributed by atoms with E-state index in [4.69, 9.17) is 4.84 Å². The summed E-state index contributed by atoms with van der Waals surface area (Å²) < 4.78 is 0. The minimum absolute atomic E-state index is 0.177. The monoisotopic (exact) mass is 239 g/mol. The number of allylic oxidation sites excluding steroid dienone is 3. The van der Waals surface area contributed by atoms with Crippen molar-refractivity contribution >= 4 is 0 Å².